The number of phosphoric acid groups is 1. The van der Waals surface area contributed by atoms with Crippen LogP contribution in [0.1, 0.15) is 219 Å². The number of amides is 1. The second-order valence-corrected chi connectivity index (χ2v) is 16.7. The maximum absolute atomic E-state index is 12.3. The number of nitrogens with one attached hydrogen (secondary N) is 1. The molecule has 320 valence electrons. The van der Waals surface area contributed by atoms with Crippen molar-refractivity contribution in [1.29, 1.82) is 0 Å². The van der Waals surface area contributed by atoms with Gasteiger partial charge in [-0.15, -0.1) is 0 Å². The van der Waals surface area contributed by atoms with Crippen LogP contribution in [-0.2, 0) is 32.7 Å². The van der Waals surface area contributed by atoms with Crippen molar-refractivity contribution in [3.8, 4) is 0 Å². The SMILES string of the molecule is CCCCCCCCCCCCCCCCCCC(=O)NC(COP(=O)(O)OCC(O)COC(=O)CCCCCCCCCCCCCCCC)C(=O)O. The molecule has 0 fully saturated rings. The predicted molar refractivity (Wildman–Crippen MR) is 217 cm³/mol. The molecule has 0 bridgehead atoms. The molecular formula is C42H82NO10P. The van der Waals surface area contributed by atoms with Gasteiger partial charge in [0.15, 0.2) is 6.04 Å². The van der Waals surface area contributed by atoms with Crippen molar-refractivity contribution in [1.82, 2.24) is 5.32 Å². The molecule has 0 saturated carbocycles. The molecular weight excluding hydrogens is 709 g/mol. The molecule has 0 aromatic rings. The number of unbranched alkanes of at least 4 members (excludes halogenated alkanes) is 28. The lowest BCUT2D eigenvalue weighted by Gasteiger charge is -2.18. The molecule has 0 rings (SSSR count). The van der Waals surface area contributed by atoms with Gasteiger partial charge in [-0.2, -0.15) is 0 Å². The minimum Gasteiger partial charge on any atom is -0.480 e. The largest absolute Gasteiger partial charge is 0.480 e. The molecule has 3 atom stereocenters. The second kappa shape index (κ2) is 38.4. The average Bonchev–Trinajstić information content (AvgIpc) is 3.14. The van der Waals surface area contributed by atoms with Crippen LogP contribution in [0.5, 0.6) is 0 Å². The summed E-state index contributed by atoms with van der Waals surface area (Å²) in [4.78, 5) is 45.9. The number of aliphatic carboxylic acids is 1. The number of aliphatic hydroxyl groups excluding tert-OH is 1. The molecule has 1 amide bonds. The Hall–Kier alpha value is -1.52. The fourth-order valence-electron chi connectivity index (χ4n) is 6.43. The fraction of sp³-hybridized carbons (Fsp3) is 0.929. The lowest BCUT2D eigenvalue weighted by atomic mass is 10.0. The Morgan fingerprint density at radius 2 is 0.852 bits per heavy atom. The van der Waals surface area contributed by atoms with E-state index < -0.39 is 57.6 Å². The molecule has 3 unspecified atom stereocenters. The number of carboxylic acid groups (broad SMARTS) is 1. The van der Waals surface area contributed by atoms with E-state index in [1.165, 1.54) is 141 Å². The van der Waals surface area contributed by atoms with Crippen molar-refractivity contribution in [3.05, 3.63) is 0 Å². The van der Waals surface area contributed by atoms with Crippen LogP contribution in [-0.4, -0.2) is 64.9 Å². The number of carbonyl (C=O) groups excluding carboxylic acids is 2. The second-order valence-electron chi connectivity index (χ2n) is 15.3. The first-order chi connectivity index (χ1) is 26.1. The zero-order valence-electron chi connectivity index (χ0n) is 34.6. The maximum atomic E-state index is 12.3. The zero-order valence-corrected chi connectivity index (χ0v) is 35.4. The first-order valence-electron chi connectivity index (χ1n) is 22.1. The van der Waals surface area contributed by atoms with Crippen molar-refractivity contribution >= 4 is 25.7 Å². The van der Waals surface area contributed by atoms with Gasteiger partial charge in [0.25, 0.3) is 0 Å². The molecule has 0 aliphatic carbocycles. The maximum Gasteiger partial charge on any atom is 0.472 e. The number of hydrogen-bond donors (Lipinski definition) is 4. The van der Waals surface area contributed by atoms with Crippen molar-refractivity contribution < 1.29 is 47.8 Å². The Morgan fingerprint density at radius 1 is 0.519 bits per heavy atom. The summed E-state index contributed by atoms with van der Waals surface area (Å²) in [6, 6.07) is -1.54. The number of phosphoric ester groups is 1. The van der Waals surface area contributed by atoms with Crippen LogP contribution in [0.2, 0.25) is 0 Å². The minimum absolute atomic E-state index is 0.153. The molecule has 0 spiro atoms. The van der Waals surface area contributed by atoms with Crippen LogP contribution in [0, 0.1) is 0 Å². The van der Waals surface area contributed by atoms with Gasteiger partial charge in [0.2, 0.25) is 5.91 Å². The normalized spacial score (nSPS) is 13.7. The third kappa shape index (κ3) is 37.4. The Labute approximate surface area is 329 Å². The molecule has 11 nitrogen and oxygen atoms in total. The van der Waals surface area contributed by atoms with Gasteiger partial charge in [0, 0.05) is 12.8 Å². The van der Waals surface area contributed by atoms with Gasteiger partial charge >= 0.3 is 19.8 Å². The summed E-state index contributed by atoms with van der Waals surface area (Å²) in [5.74, 6) is -2.35. The van der Waals surface area contributed by atoms with Gasteiger partial charge in [0.05, 0.1) is 13.2 Å². The highest BCUT2D eigenvalue weighted by atomic mass is 31.2. The van der Waals surface area contributed by atoms with E-state index in [1.807, 2.05) is 0 Å². The first kappa shape index (κ1) is 52.5. The van der Waals surface area contributed by atoms with Gasteiger partial charge in [-0.25, -0.2) is 9.36 Å². The average molecular weight is 792 g/mol. The number of hydrogen-bond acceptors (Lipinski definition) is 8. The van der Waals surface area contributed by atoms with Crippen molar-refractivity contribution in [2.45, 2.75) is 231 Å². The third-order valence-electron chi connectivity index (χ3n) is 9.90. The van der Waals surface area contributed by atoms with E-state index in [1.54, 1.807) is 0 Å². The van der Waals surface area contributed by atoms with Crippen molar-refractivity contribution in [2.75, 3.05) is 19.8 Å². The summed E-state index contributed by atoms with van der Waals surface area (Å²) in [6.45, 7) is 2.62. The monoisotopic (exact) mass is 792 g/mol. The molecule has 0 aromatic heterocycles. The van der Waals surface area contributed by atoms with E-state index in [-0.39, 0.29) is 12.8 Å². The smallest absolute Gasteiger partial charge is 0.472 e. The highest BCUT2D eigenvalue weighted by Crippen LogP contribution is 2.43. The summed E-state index contributed by atoms with van der Waals surface area (Å²) < 4.78 is 26.8. The van der Waals surface area contributed by atoms with E-state index in [4.69, 9.17) is 13.8 Å². The highest BCUT2D eigenvalue weighted by molar-refractivity contribution is 7.47. The lowest BCUT2D eigenvalue weighted by Crippen LogP contribution is -2.43. The zero-order chi connectivity index (χ0) is 40.0. The molecule has 0 saturated heterocycles. The number of ether oxygens (including phenoxy) is 1. The molecule has 0 aliphatic rings. The molecule has 0 radical (unpaired) electrons. The Bertz CT molecular complexity index is 937. The summed E-state index contributed by atoms with van der Waals surface area (Å²) in [5, 5.41) is 21.8. The van der Waals surface area contributed by atoms with Crippen LogP contribution in [0.25, 0.3) is 0 Å². The van der Waals surface area contributed by atoms with E-state index in [0.717, 1.165) is 38.5 Å². The van der Waals surface area contributed by atoms with E-state index in [0.29, 0.717) is 12.8 Å². The van der Waals surface area contributed by atoms with Crippen molar-refractivity contribution in [3.63, 3.8) is 0 Å². The van der Waals surface area contributed by atoms with E-state index in [9.17, 15) is 34.1 Å². The molecule has 0 aromatic carbocycles. The van der Waals surface area contributed by atoms with E-state index >= 15 is 0 Å². The number of carbonyl (C=O) groups is 3. The highest BCUT2D eigenvalue weighted by Gasteiger charge is 2.28. The van der Waals surface area contributed by atoms with Gasteiger partial charge in [0.1, 0.15) is 12.7 Å². The third-order valence-corrected chi connectivity index (χ3v) is 10.8. The Morgan fingerprint density at radius 3 is 1.22 bits per heavy atom. The van der Waals surface area contributed by atoms with Gasteiger partial charge in [-0.3, -0.25) is 18.6 Å². The number of rotatable bonds is 42. The molecule has 0 heterocycles. The topological polar surface area (TPSA) is 169 Å². The van der Waals surface area contributed by atoms with Gasteiger partial charge < -0.3 is 25.2 Å². The van der Waals surface area contributed by atoms with Crippen LogP contribution >= 0.6 is 7.82 Å². The summed E-state index contributed by atoms with van der Waals surface area (Å²) in [6.07, 6.45) is 35.5. The molecule has 4 N–H and O–H groups in total. The minimum atomic E-state index is -4.75. The van der Waals surface area contributed by atoms with E-state index in [2.05, 4.69) is 19.2 Å². The molecule has 0 aliphatic heterocycles. The Kier molecular flexibility index (Phi) is 37.3. The standard InChI is InChI=1S/C42H82NO10P/c1-3-5-7-9-11-13-15-17-19-20-21-23-25-27-29-31-33-40(45)43-39(42(47)48)37-53-54(49,50)52-36-38(44)35-51-41(46)34-32-30-28-26-24-22-18-16-14-12-10-8-6-4-2/h38-39,44H,3-37H2,1-2H3,(H,43,45)(H,47,48)(H,49,50). The van der Waals surface area contributed by atoms with Crippen LogP contribution in [0.15, 0.2) is 0 Å². The van der Waals surface area contributed by atoms with Crippen LogP contribution < -0.4 is 5.32 Å². The van der Waals surface area contributed by atoms with Crippen LogP contribution in [0.4, 0.5) is 0 Å². The first-order valence-corrected chi connectivity index (χ1v) is 23.6. The quantitative estimate of drug-likeness (QED) is 0.0265. The van der Waals surface area contributed by atoms with Gasteiger partial charge in [-0.05, 0) is 12.8 Å². The van der Waals surface area contributed by atoms with Crippen molar-refractivity contribution in [2.24, 2.45) is 0 Å². The number of aliphatic hydroxyl groups is 1. The summed E-state index contributed by atoms with van der Waals surface area (Å²) >= 11 is 0. The fourth-order valence-corrected chi connectivity index (χ4v) is 7.21. The molecule has 54 heavy (non-hydrogen) atoms. The lowest BCUT2D eigenvalue weighted by molar-refractivity contribution is -0.147. The number of carboxylic acids is 1. The number of esters is 1. The summed E-state index contributed by atoms with van der Waals surface area (Å²) in [5.41, 5.74) is 0. The summed E-state index contributed by atoms with van der Waals surface area (Å²) in [7, 11) is -4.75. The predicted octanol–water partition coefficient (Wildman–Crippen LogP) is 11.1. The van der Waals surface area contributed by atoms with Crippen LogP contribution in [0.3, 0.4) is 0 Å². The Balaban J connectivity index is 3.87. The van der Waals surface area contributed by atoms with Gasteiger partial charge in [-0.1, -0.05) is 194 Å². The molecule has 12 heteroatoms.